The van der Waals surface area contributed by atoms with Gasteiger partial charge in [-0.15, -0.1) is 0 Å². The van der Waals surface area contributed by atoms with Gasteiger partial charge in [0.25, 0.3) is 0 Å². The summed E-state index contributed by atoms with van der Waals surface area (Å²) in [5, 5.41) is 3.20. The van der Waals surface area contributed by atoms with Gasteiger partial charge < -0.3 is 13.8 Å². The number of carbonyl (C=O) groups excluding carboxylic acids is 1. The Hall–Kier alpha value is -1.21. The van der Waals surface area contributed by atoms with Gasteiger partial charge in [0.05, 0.1) is 13.2 Å². The predicted octanol–water partition coefficient (Wildman–Crippen LogP) is 5.67. The summed E-state index contributed by atoms with van der Waals surface area (Å²) in [6.07, 6.45) is 0.782. The van der Waals surface area contributed by atoms with Crippen LogP contribution in [0.15, 0.2) is 5.11 Å². The number of esters is 1. The SMILES string of the molecule is CCOP(=O)(OCC)C(F)(F)CC(N=[N+]=[N-])C(=O)O[C@@H]1C[C@@H]2CC[C@@]1(C)C2(C)C. The van der Waals surface area contributed by atoms with Crippen LogP contribution < -0.4 is 0 Å². The van der Waals surface area contributed by atoms with E-state index in [9.17, 15) is 18.1 Å². The van der Waals surface area contributed by atoms with Crippen LogP contribution in [0.25, 0.3) is 10.4 Å². The molecule has 0 aromatic carbocycles. The van der Waals surface area contributed by atoms with E-state index in [1.54, 1.807) is 0 Å². The summed E-state index contributed by atoms with van der Waals surface area (Å²) >= 11 is 0. The van der Waals surface area contributed by atoms with Crippen LogP contribution in [0.4, 0.5) is 8.78 Å². The zero-order valence-electron chi connectivity index (χ0n) is 17.6. The molecular formula is C18H30F2N3O5P. The summed E-state index contributed by atoms with van der Waals surface area (Å²) in [4.78, 5) is 15.2. The van der Waals surface area contributed by atoms with Gasteiger partial charge >= 0.3 is 19.2 Å². The molecule has 2 fully saturated rings. The summed E-state index contributed by atoms with van der Waals surface area (Å²) in [6, 6.07) is -1.84. The summed E-state index contributed by atoms with van der Waals surface area (Å²) in [5.41, 5.74) is 4.43. The lowest BCUT2D eigenvalue weighted by molar-refractivity contribution is -0.160. The van der Waals surface area contributed by atoms with Crippen LogP contribution in [0.1, 0.15) is 60.3 Å². The lowest BCUT2D eigenvalue weighted by Crippen LogP contribution is -2.41. The highest BCUT2D eigenvalue weighted by molar-refractivity contribution is 7.55. The van der Waals surface area contributed by atoms with Crippen LogP contribution in [0.3, 0.4) is 0 Å². The molecule has 0 spiro atoms. The van der Waals surface area contributed by atoms with Crippen LogP contribution >= 0.6 is 7.60 Å². The second kappa shape index (κ2) is 8.50. The van der Waals surface area contributed by atoms with Crippen molar-refractivity contribution >= 4 is 13.6 Å². The van der Waals surface area contributed by atoms with E-state index >= 15 is 0 Å². The predicted molar refractivity (Wildman–Crippen MR) is 102 cm³/mol. The fraction of sp³-hybridized carbons (Fsp3) is 0.944. The molecular weight excluding hydrogens is 407 g/mol. The molecule has 2 aliphatic carbocycles. The molecule has 0 aromatic heterocycles. The molecule has 0 saturated heterocycles. The van der Waals surface area contributed by atoms with Gasteiger partial charge in [-0.05, 0) is 50.0 Å². The summed E-state index contributed by atoms with van der Waals surface area (Å²) in [5.74, 6) is -0.669. The highest BCUT2D eigenvalue weighted by Crippen LogP contribution is 2.66. The van der Waals surface area contributed by atoms with E-state index in [2.05, 4.69) is 23.9 Å². The molecule has 166 valence electrons. The maximum atomic E-state index is 14.7. The zero-order chi connectivity index (χ0) is 22.1. The number of halogens is 2. The molecule has 2 saturated carbocycles. The van der Waals surface area contributed by atoms with Crippen molar-refractivity contribution in [3.63, 3.8) is 0 Å². The Bertz CT molecular complexity index is 718. The fourth-order valence-corrected chi connectivity index (χ4v) is 6.20. The van der Waals surface area contributed by atoms with Gasteiger partial charge in [-0.1, -0.05) is 25.9 Å². The Balaban J connectivity index is 2.18. The standard InChI is InChI=1S/C18H30F2N3O5P/c1-6-26-29(25,27-7-2)18(19,20)11-13(22-23-21)15(24)28-14-10-12-8-9-17(14,5)16(12,3)4/h12-14H,6-11H2,1-5H3/t12-,13?,14+,17+/m0/s1. The molecule has 11 heteroatoms. The lowest BCUT2D eigenvalue weighted by Gasteiger charge is -2.38. The van der Waals surface area contributed by atoms with Crippen molar-refractivity contribution < 1.29 is 31.9 Å². The summed E-state index contributed by atoms with van der Waals surface area (Å²) in [6.45, 7) is 8.56. The van der Waals surface area contributed by atoms with Crippen molar-refractivity contribution in [3.8, 4) is 0 Å². The number of fused-ring (bicyclic) bond motifs is 2. The molecule has 0 heterocycles. The van der Waals surface area contributed by atoms with E-state index in [-0.39, 0.29) is 24.0 Å². The number of rotatable bonds is 10. The largest absolute Gasteiger partial charge is 0.461 e. The Morgan fingerprint density at radius 1 is 1.31 bits per heavy atom. The quantitative estimate of drug-likeness (QED) is 0.144. The smallest absolute Gasteiger partial charge is 0.399 e. The highest BCUT2D eigenvalue weighted by Gasteiger charge is 2.63. The molecule has 2 rings (SSSR count). The minimum Gasteiger partial charge on any atom is -0.461 e. The fourth-order valence-electron chi connectivity index (χ4n) is 4.67. The molecule has 0 aromatic rings. The Labute approximate surface area is 169 Å². The monoisotopic (exact) mass is 437 g/mol. The molecule has 8 nitrogen and oxygen atoms in total. The van der Waals surface area contributed by atoms with E-state index in [1.165, 1.54) is 13.8 Å². The second-order valence-corrected chi connectivity index (χ2v) is 10.6. The maximum absolute atomic E-state index is 14.7. The summed E-state index contributed by atoms with van der Waals surface area (Å²) in [7, 11) is -4.84. The number of azide groups is 1. The van der Waals surface area contributed by atoms with Gasteiger partial charge in [0.15, 0.2) is 0 Å². The van der Waals surface area contributed by atoms with E-state index < -0.39 is 37.8 Å². The number of ether oxygens (including phenoxy) is 1. The van der Waals surface area contributed by atoms with Gasteiger partial charge in [0.2, 0.25) is 0 Å². The molecule has 0 amide bonds. The van der Waals surface area contributed by atoms with Crippen LogP contribution in [-0.2, 0) is 23.1 Å². The van der Waals surface area contributed by atoms with Crippen molar-refractivity contribution in [2.75, 3.05) is 13.2 Å². The maximum Gasteiger partial charge on any atom is 0.399 e. The number of hydrogen-bond donors (Lipinski definition) is 0. The third-order valence-corrected chi connectivity index (χ3v) is 9.05. The number of hydrogen-bond acceptors (Lipinski definition) is 6. The Morgan fingerprint density at radius 2 is 1.90 bits per heavy atom. The normalized spacial score (nSPS) is 29.3. The Kier molecular flexibility index (Phi) is 7.05. The third-order valence-electron chi connectivity index (χ3n) is 6.87. The van der Waals surface area contributed by atoms with Crippen molar-refractivity contribution in [2.45, 2.75) is 78.1 Å². The highest BCUT2D eigenvalue weighted by atomic mass is 31.2. The molecule has 0 aliphatic heterocycles. The molecule has 4 atom stereocenters. The van der Waals surface area contributed by atoms with Crippen molar-refractivity contribution in [1.29, 1.82) is 0 Å². The first-order valence-corrected chi connectivity index (χ1v) is 11.4. The summed E-state index contributed by atoms with van der Waals surface area (Å²) < 4.78 is 57.0. The molecule has 2 bridgehead atoms. The van der Waals surface area contributed by atoms with E-state index in [4.69, 9.17) is 19.3 Å². The minimum atomic E-state index is -4.84. The minimum absolute atomic E-state index is 0.0461. The Morgan fingerprint density at radius 3 is 2.31 bits per heavy atom. The van der Waals surface area contributed by atoms with Crippen molar-refractivity contribution in [3.05, 3.63) is 10.4 Å². The first-order valence-electron chi connectivity index (χ1n) is 9.90. The topological polar surface area (TPSA) is 111 Å². The van der Waals surface area contributed by atoms with Gasteiger partial charge in [0.1, 0.15) is 12.1 Å². The zero-order valence-corrected chi connectivity index (χ0v) is 18.5. The van der Waals surface area contributed by atoms with Crippen LogP contribution in [0.2, 0.25) is 0 Å². The second-order valence-electron chi connectivity index (χ2n) is 8.46. The average molecular weight is 437 g/mol. The van der Waals surface area contributed by atoms with E-state index in [1.807, 2.05) is 6.92 Å². The lowest BCUT2D eigenvalue weighted by atomic mass is 9.70. The molecule has 0 N–H and O–H groups in total. The van der Waals surface area contributed by atoms with Crippen molar-refractivity contribution in [2.24, 2.45) is 21.9 Å². The first-order chi connectivity index (χ1) is 13.4. The van der Waals surface area contributed by atoms with Gasteiger partial charge in [-0.25, -0.2) is 0 Å². The van der Waals surface area contributed by atoms with Gasteiger partial charge in [-0.2, -0.15) is 8.78 Å². The number of nitrogens with zero attached hydrogens (tertiary/aromatic N) is 3. The van der Waals surface area contributed by atoms with E-state index in [0.29, 0.717) is 12.3 Å². The van der Waals surface area contributed by atoms with Crippen LogP contribution in [0.5, 0.6) is 0 Å². The number of alkyl halides is 2. The van der Waals surface area contributed by atoms with Crippen LogP contribution in [0, 0.1) is 16.7 Å². The number of carbonyl (C=O) groups is 1. The molecule has 29 heavy (non-hydrogen) atoms. The molecule has 2 aliphatic rings. The third kappa shape index (κ3) is 4.18. The molecule has 0 radical (unpaired) electrons. The average Bonchev–Trinajstić information content (AvgIpc) is 2.95. The van der Waals surface area contributed by atoms with E-state index in [0.717, 1.165) is 12.8 Å². The molecule has 1 unspecified atom stereocenters. The van der Waals surface area contributed by atoms with Crippen molar-refractivity contribution in [1.82, 2.24) is 0 Å². The first kappa shape index (κ1) is 24.1. The van der Waals surface area contributed by atoms with Crippen LogP contribution in [-0.4, -0.2) is 37.0 Å². The van der Waals surface area contributed by atoms with Gasteiger partial charge in [-0.3, -0.25) is 9.36 Å². The van der Waals surface area contributed by atoms with Gasteiger partial charge in [0, 0.05) is 16.7 Å².